The van der Waals surface area contributed by atoms with E-state index < -0.39 is 18.0 Å². The number of urea groups is 1. The summed E-state index contributed by atoms with van der Waals surface area (Å²) in [4.78, 5) is 28.7. The van der Waals surface area contributed by atoms with Crippen LogP contribution in [0.15, 0.2) is 18.5 Å². The van der Waals surface area contributed by atoms with Crippen molar-refractivity contribution >= 4 is 12.0 Å². The summed E-state index contributed by atoms with van der Waals surface area (Å²) in [6, 6.07) is 0.619. The molecule has 0 saturated carbocycles. The summed E-state index contributed by atoms with van der Waals surface area (Å²) in [6.07, 6.45) is 3.44. The van der Waals surface area contributed by atoms with E-state index in [1.54, 1.807) is 12.4 Å². The molecule has 2 N–H and O–H groups in total. The molecule has 1 aromatic rings. The lowest BCUT2D eigenvalue weighted by atomic mass is 10.1. The topological polar surface area (TPSA) is 91.8 Å². The lowest BCUT2D eigenvalue weighted by molar-refractivity contribution is -0.141. The quantitative estimate of drug-likeness (QED) is 0.855. The summed E-state index contributed by atoms with van der Waals surface area (Å²) in [6.45, 7) is 2.53. The lowest BCUT2D eigenvalue weighted by Gasteiger charge is -2.21. The molecule has 0 radical (unpaired) electrons. The number of carboxylic acids is 1. The number of carbonyl (C=O) groups excluding carboxylic acids is 1. The zero-order valence-electron chi connectivity index (χ0n) is 12.1. The highest BCUT2D eigenvalue weighted by molar-refractivity contribution is 5.83. The van der Waals surface area contributed by atoms with E-state index in [4.69, 9.17) is 4.74 Å². The Morgan fingerprint density at radius 2 is 2.33 bits per heavy atom. The predicted molar refractivity (Wildman–Crippen MR) is 74.8 cm³/mol. The largest absolute Gasteiger partial charge is 0.480 e. The molecule has 0 aliphatic carbocycles. The van der Waals surface area contributed by atoms with Gasteiger partial charge in [0.15, 0.2) is 0 Å². The van der Waals surface area contributed by atoms with Gasteiger partial charge in [0, 0.05) is 39.0 Å². The zero-order valence-corrected chi connectivity index (χ0v) is 12.1. The van der Waals surface area contributed by atoms with Crippen LogP contribution in [-0.2, 0) is 16.1 Å². The first-order chi connectivity index (χ1) is 10.0. The Morgan fingerprint density at radius 1 is 1.57 bits per heavy atom. The van der Waals surface area contributed by atoms with Crippen LogP contribution in [0.1, 0.15) is 17.5 Å². The first kappa shape index (κ1) is 15.2. The summed E-state index contributed by atoms with van der Waals surface area (Å²) in [5.74, 6) is -1.01. The fraction of sp³-hybridized carbons (Fsp3) is 0.500. The van der Waals surface area contributed by atoms with Gasteiger partial charge in [-0.1, -0.05) is 0 Å². The Morgan fingerprint density at radius 3 is 2.95 bits per heavy atom. The minimum absolute atomic E-state index is 0.239. The summed E-state index contributed by atoms with van der Waals surface area (Å²) in [7, 11) is 1.52. The number of hydrogen-bond donors (Lipinski definition) is 2. The van der Waals surface area contributed by atoms with Gasteiger partial charge in [-0.25, -0.2) is 9.59 Å². The van der Waals surface area contributed by atoms with E-state index in [1.165, 1.54) is 12.0 Å². The minimum Gasteiger partial charge on any atom is -0.480 e. The van der Waals surface area contributed by atoms with Gasteiger partial charge >= 0.3 is 12.0 Å². The molecule has 0 aromatic carbocycles. The van der Waals surface area contributed by atoms with Crippen molar-refractivity contribution in [2.75, 3.05) is 13.7 Å². The third-order valence-electron chi connectivity index (χ3n) is 3.72. The molecule has 2 atom stereocenters. The van der Waals surface area contributed by atoms with E-state index in [-0.39, 0.29) is 12.6 Å². The smallest absolute Gasteiger partial charge is 0.326 e. The number of aliphatic carboxylic acids is 1. The summed E-state index contributed by atoms with van der Waals surface area (Å²) >= 11 is 0. The SMILES string of the molecule is COC1CC(C(=O)O)N(C(=O)NCc2cnccc2C)C1. The van der Waals surface area contributed by atoms with E-state index in [9.17, 15) is 14.7 Å². The first-order valence-corrected chi connectivity index (χ1v) is 6.72. The first-order valence-electron chi connectivity index (χ1n) is 6.72. The van der Waals surface area contributed by atoms with Crippen LogP contribution in [0, 0.1) is 6.92 Å². The molecule has 0 spiro atoms. The fourth-order valence-electron chi connectivity index (χ4n) is 2.38. The van der Waals surface area contributed by atoms with Crippen LogP contribution < -0.4 is 5.32 Å². The molecule has 114 valence electrons. The molecule has 2 amide bonds. The van der Waals surface area contributed by atoms with E-state index in [0.29, 0.717) is 13.0 Å². The molecule has 2 unspecified atom stereocenters. The molecule has 7 heteroatoms. The van der Waals surface area contributed by atoms with Crippen molar-refractivity contribution in [3.05, 3.63) is 29.6 Å². The number of hydrogen-bond acceptors (Lipinski definition) is 4. The van der Waals surface area contributed by atoms with Crippen LogP contribution in [0.2, 0.25) is 0 Å². The van der Waals surface area contributed by atoms with E-state index in [1.807, 2.05) is 13.0 Å². The van der Waals surface area contributed by atoms with Gasteiger partial charge in [-0.05, 0) is 24.1 Å². The average Bonchev–Trinajstić information content (AvgIpc) is 2.90. The number of nitrogens with one attached hydrogen (secondary N) is 1. The number of aryl methyl sites for hydroxylation is 1. The number of methoxy groups -OCH3 is 1. The molecule has 1 fully saturated rings. The maximum absolute atomic E-state index is 12.2. The molecule has 7 nitrogen and oxygen atoms in total. The van der Waals surface area contributed by atoms with Crippen LogP contribution in [0.25, 0.3) is 0 Å². The molecule has 0 bridgehead atoms. The Bertz CT molecular complexity index is 535. The van der Waals surface area contributed by atoms with Gasteiger partial charge in [-0.2, -0.15) is 0 Å². The van der Waals surface area contributed by atoms with Gasteiger partial charge in [0.2, 0.25) is 0 Å². The second kappa shape index (κ2) is 6.53. The molecule has 2 rings (SSSR count). The van der Waals surface area contributed by atoms with Gasteiger partial charge in [0.1, 0.15) is 6.04 Å². The molecule has 2 heterocycles. The predicted octanol–water partition coefficient (Wildman–Crippen LogP) is 0.774. The molecular formula is C14H19N3O4. The number of aromatic nitrogens is 1. The highest BCUT2D eigenvalue weighted by Crippen LogP contribution is 2.20. The molecule has 1 saturated heterocycles. The van der Waals surface area contributed by atoms with Crippen LogP contribution >= 0.6 is 0 Å². The number of amides is 2. The van der Waals surface area contributed by atoms with Crippen LogP contribution in [-0.4, -0.2) is 52.8 Å². The Hall–Kier alpha value is -2.15. The highest BCUT2D eigenvalue weighted by atomic mass is 16.5. The second-order valence-electron chi connectivity index (χ2n) is 5.06. The monoisotopic (exact) mass is 293 g/mol. The maximum atomic E-state index is 12.2. The number of rotatable bonds is 4. The lowest BCUT2D eigenvalue weighted by Crippen LogP contribution is -2.46. The number of nitrogens with zero attached hydrogens (tertiary/aromatic N) is 2. The number of carbonyl (C=O) groups is 2. The van der Waals surface area contributed by atoms with Gasteiger partial charge in [-0.3, -0.25) is 4.98 Å². The second-order valence-corrected chi connectivity index (χ2v) is 5.06. The van der Waals surface area contributed by atoms with Crippen molar-refractivity contribution in [2.45, 2.75) is 32.0 Å². The number of likely N-dealkylation sites (tertiary alicyclic amines) is 1. The minimum atomic E-state index is -1.01. The Balaban J connectivity index is 1.99. The Labute approximate surface area is 122 Å². The van der Waals surface area contributed by atoms with Crippen LogP contribution in [0.3, 0.4) is 0 Å². The zero-order chi connectivity index (χ0) is 15.4. The molecular weight excluding hydrogens is 274 g/mol. The van der Waals surface area contributed by atoms with E-state index in [0.717, 1.165) is 11.1 Å². The van der Waals surface area contributed by atoms with Gasteiger partial charge in [-0.15, -0.1) is 0 Å². The van der Waals surface area contributed by atoms with Crippen molar-refractivity contribution in [2.24, 2.45) is 0 Å². The summed E-state index contributed by atoms with van der Waals surface area (Å²) in [5, 5.41) is 11.9. The maximum Gasteiger partial charge on any atom is 0.326 e. The number of ether oxygens (including phenoxy) is 1. The van der Waals surface area contributed by atoms with E-state index >= 15 is 0 Å². The molecule has 1 aliphatic heterocycles. The number of carboxylic acid groups (broad SMARTS) is 1. The molecule has 1 aliphatic rings. The average molecular weight is 293 g/mol. The normalized spacial score (nSPS) is 21.3. The standard InChI is InChI=1S/C14H19N3O4/c1-9-3-4-15-6-10(9)7-16-14(20)17-8-11(21-2)5-12(17)13(18)19/h3-4,6,11-12H,5,7-8H2,1-2H3,(H,16,20)(H,18,19). The highest BCUT2D eigenvalue weighted by Gasteiger charge is 2.39. The third-order valence-corrected chi connectivity index (χ3v) is 3.72. The fourth-order valence-corrected chi connectivity index (χ4v) is 2.38. The van der Waals surface area contributed by atoms with Crippen molar-refractivity contribution in [1.29, 1.82) is 0 Å². The third kappa shape index (κ3) is 3.49. The van der Waals surface area contributed by atoms with Crippen molar-refractivity contribution in [1.82, 2.24) is 15.2 Å². The van der Waals surface area contributed by atoms with Gasteiger partial charge < -0.3 is 20.1 Å². The van der Waals surface area contributed by atoms with Crippen molar-refractivity contribution in [3.8, 4) is 0 Å². The van der Waals surface area contributed by atoms with Crippen molar-refractivity contribution in [3.63, 3.8) is 0 Å². The van der Waals surface area contributed by atoms with Gasteiger partial charge in [0.25, 0.3) is 0 Å². The van der Waals surface area contributed by atoms with Crippen LogP contribution in [0.5, 0.6) is 0 Å². The van der Waals surface area contributed by atoms with E-state index in [2.05, 4.69) is 10.3 Å². The van der Waals surface area contributed by atoms with Gasteiger partial charge in [0.05, 0.1) is 6.10 Å². The molecule has 21 heavy (non-hydrogen) atoms. The Kier molecular flexibility index (Phi) is 4.74. The number of pyridine rings is 1. The molecule has 1 aromatic heterocycles. The van der Waals surface area contributed by atoms with Crippen molar-refractivity contribution < 1.29 is 19.4 Å². The summed E-state index contributed by atoms with van der Waals surface area (Å²) < 4.78 is 5.16. The van der Waals surface area contributed by atoms with Crippen LogP contribution in [0.4, 0.5) is 4.79 Å². The summed E-state index contributed by atoms with van der Waals surface area (Å²) in [5.41, 5.74) is 1.93.